The number of aliphatic carboxylic acids is 1. The molecular formula is C17H24N2O4. The number of pyridine rings is 1. The zero-order valence-corrected chi connectivity index (χ0v) is 13.9. The topological polar surface area (TPSA) is 79.7 Å². The van der Waals surface area contributed by atoms with E-state index in [9.17, 15) is 14.7 Å². The van der Waals surface area contributed by atoms with Gasteiger partial charge in [-0.1, -0.05) is 6.07 Å². The number of carbonyl (C=O) groups is 2. The van der Waals surface area contributed by atoms with Crippen molar-refractivity contribution in [2.45, 2.75) is 45.6 Å². The minimum absolute atomic E-state index is 0.147. The van der Waals surface area contributed by atoms with Crippen LogP contribution in [-0.4, -0.2) is 45.7 Å². The maximum atomic E-state index is 12.3. The fraction of sp³-hybridized carbons (Fsp3) is 0.588. The smallest absolute Gasteiger partial charge is 0.410 e. The highest BCUT2D eigenvalue weighted by Crippen LogP contribution is 2.34. The molecule has 1 aliphatic rings. The largest absolute Gasteiger partial charge is 0.481 e. The molecule has 0 radical (unpaired) electrons. The van der Waals surface area contributed by atoms with E-state index in [0.717, 1.165) is 5.69 Å². The number of hydrogen-bond donors (Lipinski definition) is 1. The van der Waals surface area contributed by atoms with E-state index < -0.39 is 23.1 Å². The molecular weight excluding hydrogens is 296 g/mol. The van der Waals surface area contributed by atoms with Crippen LogP contribution in [-0.2, 0) is 16.0 Å². The molecule has 1 aliphatic heterocycles. The van der Waals surface area contributed by atoms with Crippen LogP contribution in [0.2, 0.25) is 0 Å². The van der Waals surface area contributed by atoms with Crippen molar-refractivity contribution < 1.29 is 19.4 Å². The van der Waals surface area contributed by atoms with E-state index in [4.69, 9.17) is 4.74 Å². The average molecular weight is 320 g/mol. The fourth-order valence-electron chi connectivity index (χ4n) is 2.86. The Morgan fingerprint density at radius 2 is 2.13 bits per heavy atom. The number of likely N-dealkylation sites (tertiary alicyclic amines) is 1. The first-order valence-electron chi connectivity index (χ1n) is 7.83. The summed E-state index contributed by atoms with van der Waals surface area (Å²) < 4.78 is 5.38. The summed E-state index contributed by atoms with van der Waals surface area (Å²) in [5, 5.41) is 9.78. The number of ether oxygens (including phenoxy) is 1. The average Bonchev–Trinajstić information content (AvgIpc) is 2.46. The molecule has 2 heterocycles. The Bertz CT molecular complexity index is 568. The predicted octanol–water partition coefficient (Wildman–Crippen LogP) is 2.73. The molecule has 0 bridgehead atoms. The van der Waals surface area contributed by atoms with Gasteiger partial charge >= 0.3 is 12.1 Å². The normalized spacial score (nSPS) is 21.8. The van der Waals surface area contributed by atoms with Crippen molar-refractivity contribution in [3.05, 3.63) is 30.1 Å². The van der Waals surface area contributed by atoms with Crippen LogP contribution in [0.1, 0.15) is 39.3 Å². The minimum Gasteiger partial charge on any atom is -0.481 e. The van der Waals surface area contributed by atoms with Gasteiger partial charge in [-0.15, -0.1) is 0 Å². The molecule has 0 saturated carbocycles. The summed E-state index contributed by atoms with van der Waals surface area (Å²) in [4.78, 5) is 29.9. The molecule has 0 aliphatic carbocycles. The summed E-state index contributed by atoms with van der Waals surface area (Å²) in [7, 11) is 0. The molecule has 1 N–H and O–H groups in total. The monoisotopic (exact) mass is 320 g/mol. The van der Waals surface area contributed by atoms with Crippen LogP contribution in [0, 0.1) is 5.41 Å². The molecule has 1 aromatic heterocycles. The summed E-state index contributed by atoms with van der Waals surface area (Å²) in [6.07, 6.45) is 2.67. The Morgan fingerprint density at radius 3 is 2.70 bits per heavy atom. The summed E-state index contributed by atoms with van der Waals surface area (Å²) >= 11 is 0. The third-order valence-electron chi connectivity index (χ3n) is 3.93. The minimum atomic E-state index is -1.01. The lowest BCUT2D eigenvalue weighted by molar-refractivity contribution is -0.152. The second-order valence-electron chi connectivity index (χ2n) is 7.09. The van der Waals surface area contributed by atoms with Crippen molar-refractivity contribution >= 4 is 12.1 Å². The van der Waals surface area contributed by atoms with Gasteiger partial charge in [0.25, 0.3) is 0 Å². The molecule has 1 amide bonds. The molecule has 1 saturated heterocycles. The van der Waals surface area contributed by atoms with Gasteiger partial charge in [0.2, 0.25) is 0 Å². The maximum absolute atomic E-state index is 12.3. The van der Waals surface area contributed by atoms with Crippen LogP contribution >= 0.6 is 0 Å². The van der Waals surface area contributed by atoms with Crippen molar-refractivity contribution in [1.29, 1.82) is 0 Å². The van der Waals surface area contributed by atoms with E-state index in [0.29, 0.717) is 25.8 Å². The zero-order chi connectivity index (χ0) is 17.1. The van der Waals surface area contributed by atoms with Crippen molar-refractivity contribution in [2.24, 2.45) is 5.41 Å². The van der Waals surface area contributed by atoms with Crippen molar-refractivity contribution in [3.63, 3.8) is 0 Å². The lowest BCUT2D eigenvalue weighted by atomic mass is 9.76. The molecule has 6 nitrogen and oxygen atoms in total. The second kappa shape index (κ2) is 6.56. The molecule has 1 fully saturated rings. The first-order chi connectivity index (χ1) is 10.7. The first-order valence-corrected chi connectivity index (χ1v) is 7.83. The molecule has 2 rings (SSSR count). The van der Waals surface area contributed by atoms with Crippen LogP contribution in [0.4, 0.5) is 4.79 Å². The highest BCUT2D eigenvalue weighted by Gasteiger charge is 2.44. The van der Waals surface area contributed by atoms with Crippen molar-refractivity contribution in [3.8, 4) is 0 Å². The van der Waals surface area contributed by atoms with E-state index >= 15 is 0 Å². The molecule has 0 unspecified atom stereocenters. The molecule has 1 aromatic rings. The number of carbonyl (C=O) groups excluding carboxylic acids is 1. The Kier molecular flexibility index (Phi) is 4.92. The number of hydrogen-bond acceptors (Lipinski definition) is 4. The summed E-state index contributed by atoms with van der Waals surface area (Å²) in [5.74, 6) is -0.892. The number of piperidine rings is 1. The van der Waals surface area contributed by atoms with Gasteiger partial charge in [0, 0.05) is 31.4 Å². The molecule has 126 valence electrons. The van der Waals surface area contributed by atoms with Gasteiger partial charge in [0.15, 0.2) is 0 Å². The second-order valence-corrected chi connectivity index (χ2v) is 7.09. The molecule has 0 spiro atoms. The van der Waals surface area contributed by atoms with Crippen LogP contribution in [0.15, 0.2) is 24.4 Å². The summed E-state index contributed by atoms with van der Waals surface area (Å²) in [5.41, 5.74) is -0.883. The fourth-order valence-corrected chi connectivity index (χ4v) is 2.86. The van der Waals surface area contributed by atoms with E-state index in [1.165, 1.54) is 4.90 Å². The number of carboxylic acid groups (broad SMARTS) is 1. The SMILES string of the molecule is CC(C)(C)OC(=O)N1CCC[C@](Cc2ccccn2)(C(=O)O)C1. The highest BCUT2D eigenvalue weighted by atomic mass is 16.6. The van der Waals surface area contributed by atoms with Gasteiger partial charge in [-0.2, -0.15) is 0 Å². The highest BCUT2D eigenvalue weighted by molar-refractivity contribution is 5.77. The van der Waals surface area contributed by atoms with E-state index in [1.807, 2.05) is 12.1 Å². The molecule has 23 heavy (non-hydrogen) atoms. The van der Waals surface area contributed by atoms with Crippen molar-refractivity contribution in [1.82, 2.24) is 9.88 Å². The lowest BCUT2D eigenvalue weighted by Gasteiger charge is -2.40. The number of carboxylic acids is 1. The van der Waals surface area contributed by atoms with E-state index in [2.05, 4.69) is 4.98 Å². The molecule has 0 aromatic carbocycles. The number of aromatic nitrogens is 1. The van der Waals surface area contributed by atoms with Crippen LogP contribution in [0.25, 0.3) is 0 Å². The zero-order valence-electron chi connectivity index (χ0n) is 13.9. The number of nitrogens with zero attached hydrogens (tertiary/aromatic N) is 2. The van der Waals surface area contributed by atoms with Crippen LogP contribution in [0.3, 0.4) is 0 Å². The Hall–Kier alpha value is -2.11. The van der Waals surface area contributed by atoms with Gasteiger partial charge in [0.05, 0.1) is 5.41 Å². The van der Waals surface area contributed by atoms with Crippen LogP contribution in [0.5, 0.6) is 0 Å². The number of amides is 1. The van der Waals surface area contributed by atoms with E-state index in [-0.39, 0.29) is 6.54 Å². The summed E-state index contributed by atoms with van der Waals surface area (Å²) in [6, 6.07) is 5.45. The Morgan fingerprint density at radius 1 is 1.39 bits per heavy atom. The van der Waals surface area contributed by atoms with Gasteiger partial charge in [-0.25, -0.2) is 4.79 Å². The molecule has 6 heteroatoms. The standard InChI is InChI=1S/C17H24N2O4/c1-16(2,3)23-15(22)19-10-6-8-17(12-19,14(20)21)11-13-7-4-5-9-18-13/h4-5,7,9H,6,8,10-12H2,1-3H3,(H,20,21)/t17-/m1/s1. The van der Waals surface area contributed by atoms with Crippen LogP contribution < -0.4 is 0 Å². The Labute approximate surface area is 136 Å². The predicted molar refractivity (Wildman–Crippen MR) is 85.1 cm³/mol. The van der Waals surface area contributed by atoms with Gasteiger partial charge in [-0.05, 0) is 45.7 Å². The van der Waals surface area contributed by atoms with Gasteiger partial charge in [-0.3, -0.25) is 9.78 Å². The van der Waals surface area contributed by atoms with Crippen molar-refractivity contribution in [2.75, 3.05) is 13.1 Å². The lowest BCUT2D eigenvalue weighted by Crippen LogP contribution is -2.52. The van der Waals surface area contributed by atoms with Gasteiger partial charge in [0.1, 0.15) is 5.60 Å². The number of rotatable bonds is 3. The third kappa shape index (κ3) is 4.43. The third-order valence-corrected chi connectivity index (χ3v) is 3.93. The molecule has 1 atom stereocenters. The first kappa shape index (κ1) is 17.2. The summed E-state index contributed by atoms with van der Waals surface area (Å²) in [6.45, 7) is 6.06. The van der Waals surface area contributed by atoms with E-state index in [1.54, 1.807) is 33.0 Å². The quantitative estimate of drug-likeness (QED) is 0.926. The van der Waals surface area contributed by atoms with Gasteiger partial charge < -0.3 is 14.7 Å². The maximum Gasteiger partial charge on any atom is 0.410 e. The Balaban J connectivity index is 2.17.